The number of imide groups is 1. The maximum atomic E-state index is 14.0. The first-order valence-corrected chi connectivity index (χ1v) is 9.36. The van der Waals surface area contributed by atoms with Crippen LogP contribution in [0.5, 0.6) is 0 Å². The first-order chi connectivity index (χ1) is 13.6. The molecule has 1 aliphatic rings. The smallest absolute Gasteiger partial charge is 0.325 e. The van der Waals surface area contributed by atoms with Gasteiger partial charge in [0.2, 0.25) is 5.91 Å². The predicted molar refractivity (Wildman–Crippen MR) is 106 cm³/mol. The van der Waals surface area contributed by atoms with Crippen LogP contribution in [0.3, 0.4) is 0 Å². The van der Waals surface area contributed by atoms with Crippen LogP contribution in [-0.2, 0) is 15.1 Å². The van der Waals surface area contributed by atoms with Crippen molar-refractivity contribution in [3.8, 4) is 0 Å². The second-order valence-corrected chi connectivity index (χ2v) is 7.51. The Balaban J connectivity index is 1.76. The molecule has 3 rings (SSSR count). The minimum atomic E-state index is -1.24. The molecular formula is C22H24FN3O3. The number of hydrogen-bond acceptors (Lipinski definition) is 3. The average molecular weight is 397 g/mol. The predicted octanol–water partition coefficient (Wildman–Crippen LogP) is 3.12. The third kappa shape index (κ3) is 3.72. The molecule has 0 radical (unpaired) electrons. The number of nitrogens with one attached hydrogen (secondary N) is 1. The lowest BCUT2D eigenvalue weighted by atomic mass is 9.91. The number of nitrogens with zero attached hydrogens (tertiary/aromatic N) is 2. The lowest BCUT2D eigenvalue weighted by Crippen LogP contribution is -2.44. The normalized spacial score (nSPS) is 19.8. The molecule has 1 N–H and O–H groups in total. The third-order valence-electron chi connectivity index (χ3n) is 5.53. The highest BCUT2D eigenvalue weighted by atomic mass is 19.1. The van der Waals surface area contributed by atoms with Crippen LogP contribution in [0.2, 0.25) is 0 Å². The van der Waals surface area contributed by atoms with Crippen LogP contribution in [-0.4, -0.2) is 41.2 Å². The van der Waals surface area contributed by atoms with Crippen molar-refractivity contribution in [2.24, 2.45) is 0 Å². The summed E-state index contributed by atoms with van der Waals surface area (Å²) in [6.07, 6.45) is 0. The van der Waals surface area contributed by atoms with Crippen LogP contribution >= 0.6 is 0 Å². The van der Waals surface area contributed by atoms with Crippen molar-refractivity contribution in [2.75, 3.05) is 13.6 Å². The standard InChI is InChI=1S/C22H24FN3O3/c1-14-9-11-16(12-10-14)22(3)20(28)26(21(29)24-22)13-19(27)25(4)15(2)17-7-5-6-8-18(17)23/h5-12,15H,13H2,1-4H3,(H,24,29). The highest BCUT2D eigenvalue weighted by molar-refractivity contribution is 6.09. The summed E-state index contributed by atoms with van der Waals surface area (Å²) >= 11 is 0. The van der Waals surface area contributed by atoms with E-state index >= 15 is 0 Å². The monoisotopic (exact) mass is 397 g/mol. The largest absolute Gasteiger partial charge is 0.337 e. The van der Waals surface area contributed by atoms with E-state index in [4.69, 9.17) is 0 Å². The third-order valence-corrected chi connectivity index (χ3v) is 5.53. The first-order valence-electron chi connectivity index (χ1n) is 9.36. The van der Waals surface area contributed by atoms with Gasteiger partial charge >= 0.3 is 6.03 Å². The fourth-order valence-electron chi connectivity index (χ4n) is 3.41. The molecular weight excluding hydrogens is 373 g/mol. The van der Waals surface area contributed by atoms with E-state index in [9.17, 15) is 18.8 Å². The molecule has 0 bridgehead atoms. The molecule has 2 unspecified atom stereocenters. The van der Waals surface area contributed by atoms with E-state index in [0.29, 0.717) is 11.1 Å². The molecule has 2 atom stereocenters. The maximum Gasteiger partial charge on any atom is 0.325 e. The second kappa shape index (κ2) is 7.66. The molecule has 4 amide bonds. The Morgan fingerprint density at radius 1 is 1.17 bits per heavy atom. The number of carbonyl (C=O) groups is 3. The van der Waals surface area contributed by atoms with Crippen LogP contribution in [0.25, 0.3) is 0 Å². The Morgan fingerprint density at radius 2 is 1.79 bits per heavy atom. The van der Waals surface area contributed by atoms with Crippen molar-refractivity contribution in [3.63, 3.8) is 0 Å². The molecule has 0 aliphatic carbocycles. The number of urea groups is 1. The van der Waals surface area contributed by atoms with Crippen molar-refractivity contribution < 1.29 is 18.8 Å². The summed E-state index contributed by atoms with van der Waals surface area (Å²) in [6.45, 7) is 4.83. The van der Waals surface area contributed by atoms with Gasteiger partial charge in [-0.3, -0.25) is 14.5 Å². The Kier molecular flexibility index (Phi) is 5.42. The zero-order valence-electron chi connectivity index (χ0n) is 16.9. The summed E-state index contributed by atoms with van der Waals surface area (Å²) in [6, 6.07) is 12.3. The number of rotatable bonds is 5. The van der Waals surface area contributed by atoms with Crippen molar-refractivity contribution >= 4 is 17.8 Å². The van der Waals surface area contributed by atoms with Gasteiger partial charge in [0.25, 0.3) is 5.91 Å². The van der Waals surface area contributed by atoms with Crippen LogP contribution in [0.15, 0.2) is 48.5 Å². The first kappa shape index (κ1) is 20.5. The van der Waals surface area contributed by atoms with Crippen LogP contribution in [0, 0.1) is 12.7 Å². The fourth-order valence-corrected chi connectivity index (χ4v) is 3.41. The van der Waals surface area contributed by atoms with E-state index in [1.54, 1.807) is 44.2 Å². The summed E-state index contributed by atoms with van der Waals surface area (Å²) in [5, 5.41) is 2.69. The minimum absolute atomic E-state index is 0.366. The Hall–Kier alpha value is -3.22. The number of benzene rings is 2. The van der Waals surface area contributed by atoms with Gasteiger partial charge in [-0.2, -0.15) is 0 Å². The lowest BCUT2D eigenvalue weighted by Gasteiger charge is -2.27. The van der Waals surface area contributed by atoms with E-state index in [1.165, 1.54) is 18.0 Å². The molecule has 1 saturated heterocycles. The highest BCUT2D eigenvalue weighted by Crippen LogP contribution is 2.29. The van der Waals surface area contributed by atoms with Crippen LogP contribution < -0.4 is 5.32 Å². The van der Waals surface area contributed by atoms with E-state index in [1.807, 2.05) is 19.1 Å². The Labute approximate surface area is 169 Å². The summed E-state index contributed by atoms with van der Waals surface area (Å²) < 4.78 is 14.0. The van der Waals surface area contributed by atoms with Gasteiger partial charge < -0.3 is 10.2 Å². The minimum Gasteiger partial charge on any atom is -0.337 e. The molecule has 2 aromatic rings. The molecule has 152 valence electrons. The molecule has 6 nitrogen and oxygen atoms in total. The summed E-state index contributed by atoms with van der Waals surface area (Å²) in [7, 11) is 1.52. The molecule has 0 saturated carbocycles. The van der Waals surface area contributed by atoms with Gasteiger partial charge in [0.05, 0.1) is 6.04 Å². The van der Waals surface area contributed by atoms with E-state index in [-0.39, 0.29) is 0 Å². The van der Waals surface area contributed by atoms with Crippen molar-refractivity contribution in [1.82, 2.24) is 15.1 Å². The molecule has 0 aromatic heterocycles. The number of aryl methyl sites for hydroxylation is 1. The van der Waals surface area contributed by atoms with Crippen molar-refractivity contribution in [2.45, 2.75) is 32.4 Å². The maximum absolute atomic E-state index is 14.0. The van der Waals surface area contributed by atoms with E-state index in [0.717, 1.165) is 10.5 Å². The van der Waals surface area contributed by atoms with Crippen molar-refractivity contribution in [3.05, 3.63) is 71.0 Å². The Bertz CT molecular complexity index is 960. The second-order valence-electron chi connectivity index (χ2n) is 7.51. The molecule has 1 fully saturated rings. The number of carbonyl (C=O) groups excluding carboxylic acids is 3. The number of halogens is 1. The topological polar surface area (TPSA) is 69.7 Å². The molecule has 2 aromatic carbocycles. The molecule has 1 heterocycles. The molecule has 1 aliphatic heterocycles. The summed E-state index contributed by atoms with van der Waals surface area (Å²) in [5.41, 5.74) is 0.806. The van der Waals surface area contributed by atoms with Gasteiger partial charge in [0, 0.05) is 12.6 Å². The molecule has 29 heavy (non-hydrogen) atoms. The number of likely N-dealkylation sites (N-methyl/N-ethyl adjacent to an activating group) is 1. The van der Waals surface area contributed by atoms with Gasteiger partial charge in [-0.15, -0.1) is 0 Å². The quantitative estimate of drug-likeness (QED) is 0.788. The summed E-state index contributed by atoms with van der Waals surface area (Å²) in [4.78, 5) is 40.4. The molecule has 0 spiro atoms. The van der Waals surface area contributed by atoms with Gasteiger partial charge in [-0.1, -0.05) is 48.0 Å². The number of amides is 4. The van der Waals surface area contributed by atoms with Gasteiger partial charge in [-0.05, 0) is 32.4 Å². The van der Waals surface area contributed by atoms with E-state index in [2.05, 4.69) is 5.32 Å². The fraction of sp³-hybridized carbons (Fsp3) is 0.318. The van der Waals surface area contributed by atoms with Crippen LogP contribution in [0.4, 0.5) is 9.18 Å². The molecule has 7 heteroatoms. The zero-order valence-corrected chi connectivity index (χ0v) is 16.9. The van der Waals surface area contributed by atoms with E-state index < -0.39 is 41.8 Å². The average Bonchev–Trinajstić information content (AvgIpc) is 2.91. The number of hydrogen-bond donors (Lipinski definition) is 1. The van der Waals surface area contributed by atoms with Gasteiger partial charge in [0.15, 0.2) is 0 Å². The zero-order chi connectivity index (χ0) is 21.3. The van der Waals surface area contributed by atoms with Gasteiger partial charge in [0.1, 0.15) is 17.9 Å². The highest BCUT2D eigenvalue weighted by Gasteiger charge is 2.49. The van der Waals surface area contributed by atoms with Crippen LogP contribution in [0.1, 0.15) is 36.6 Å². The van der Waals surface area contributed by atoms with Crippen molar-refractivity contribution in [1.29, 1.82) is 0 Å². The van der Waals surface area contributed by atoms with Gasteiger partial charge in [-0.25, -0.2) is 9.18 Å². The SMILES string of the molecule is Cc1ccc(C2(C)NC(=O)N(CC(=O)N(C)C(C)c3ccccc3F)C2=O)cc1. The summed E-state index contributed by atoms with van der Waals surface area (Å²) in [5.74, 6) is -1.37. The Morgan fingerprint density at radius 3 is 2.41 bits per heavy atom. The lowest BCUT2D eigenvalue weighted by molar-refractivity contribution is -0.139.